The summed E-state index contributed by atoms with van der Waals surface area (Å²) in [6, 6.07) is 0.682. The summed E-state index contributed by atoms with van der Waals surface area (Å²) in [6.45, 7) is 6.68. The number of hydrogen-bond donors (Lipinski definition) is 0. The van der Waals surface area contributed by atoms with Crippen LogP contribution in [0.3, 0.4) is 0 Å². The first kappa shape index (κ1) is 9.72. The van der Waals surface area contributed by atoms with Crippen LogP contribution < -0.4 is 0 Å². The van der Waals surface area contributed by atoms with Crippen LogP contribution in [0.4, 0.5) is 0 Å². The second kappa shape index (κ2) is 4.61. The fraction of sp³-hybridized carbons (Fsp3) is 0.900. The Hall–Kier alpha value is -0.370. The highest BCUT2D eigenvalue weighted by Gasteiger charge is 2.21. The standard InChI is InChI=1S/C10H19NO/c1-9-4-5-10(2)11(8-9)6-3-7-12/h7,9-10H,3-6,8H2,1-2H3. The molecule has 2 unspecified atom stereocenters. The SMILES string of the molecule is CC1CCC(C)N(CCC=O)C1. The summed E-state index contributed by atoms with van der Waals surface area (Å²) in [5.41, 5.74) is 0. The Kier molecular flexibility index (Phi) is 3.73. The summed E-state index contributed by atoms with van der Waals surface area (Å²) >= 11 is 0. The number of aldehydes is 1. The summed E-state index contributed by atoms with van der Waals surface area (Å²) in [6.07, 6.45) is 4.35. The van der Waals surface area contributed by atoms with Gasteiger partial charge in [0.15, 0.2) is 0 Å². The van der Waals surface area contributed by atoms with Crippen molar-refractivity contribution >= 4 is 6.29 Å². The average Bonchev–Trinajstić information content (AvgIpc) is 2.07. The van der Waals surface area contributed by atoms with Gasteiger partial charge in [-0.15, -0.1) is 0 Å². The number of carbonyl (C=O) groups is 1. The lowest BCUT2D eigenvalue weighted by Crippen LogP contribution is -2.41. The monoisotopic (exact) mass is 169 g/mol. The summed E-state index contributed by atoms with van der Waals surface area (Å²) < 4.78 is 0. The summed E-state index contributed by atoms with van der Waals surface area (Å²) in [5, 5.41) is 0. The van der Waals surface area contributed by atoms with Crippen molar-refractivity contribution in [3.8, 4) is 0 Å². The second-order valence-electron chi connectivity index (χ2n) is 3.98. The van der Waals surface area contributed by atoms with Crippen LogP contribution in [-0.2, 0) is 4.79 Å². The fourth-order valence-electron chi connectivity index (χ4n) is 1.91. The second-order valence-corrected chi connectivity index (χ2v) is 3.98. The third-order valence-corrected chi connectivity index (χ3v) is 2.78. The molecule has 2 nitrogen and oxygen atoms in total. The molecule has 1 heterocycles. The van der Waals surface area contributed by atoms with E-state index in [9.17, 15) is 4.79 Å². The molecule has 0 saturated carbocycles. The molecule has 70 valence electrons. The quantitative estimate of drug-likeness (QED) is 0.599. The van der Waals surface area contributed by atoms with Crippen molar-refractivity contribution in [2.24, 2.45) is 5.92 Å². The predicted molar refractivity (Wildman–Crippen MR) is 50.1 cm³/mol. The molecule has 1 saturated heterocycles. The molecule has 1 aliphatic rings. The molecule has 1 fully saturated rings. The van der Waals surface area contributed by atoms with Crippen molar-refractivity contribution in [3.63, 3.8) is 0 Å². The summed E-state index contributed by atoms with van der Waals surface area (Å²) in [4.78, 5) is 12.6. The molecule has 0 aliphatic carbocycles. The van der Waals surface area contributed by atoms with Crippen molar-refractivity contribution in [3.05, 3.63) is 0 Å². The maximum atomic E-state index is 10.2. The van der Waals surface area contributed by atoms with Crippen molar-refractivity contribution in [1.82, 2.24) is 4.90 Å². The zero-order valence-corrected chi connectivity index (χ0v) is 8.12. The predicted octanol–water partition coefficient (Wildman–Crippen LogP) is 1.70. The molecule has 12 heavy (non-hydrogen) atoms. The molecule has 0 N–H and O–H groups in total. The number of nitrogens with zero attached hydrogens (tertiary/aromatic N) is 1. The number of piperidine rings is 1. The highest BCUT2D eigenvalue weighted by molar-refractivity contribution is 5.49. The van der Waals surface area contributed by atoms with E-state index in [2.05, 4.69) is 18.7 Å². The van der Waals surface area contributed by atoms with Crippen LogP contribution in [0.25, 0.3) is 0 Å². The lowest BCUT2D eigenvalue weighted by atomic mass is 9.95. The van der Waals surface area contributed by atoms with E-state index in [1.807, 2.05) is 0 Å². The third kappa shape index (κ3) is 2.59. The summed E-state index contributed by atoms with van der Waals surface area (Å²) in [5.74, 6) is 0.813. The van der Waals surface area contributed by atoms with Crippen LogP contribution in [0.1, 0.15) is 33.1 Å². The number of hydrogen-bond acceptors (Lipinski definition) is 2. The van der Waals surface area contributed by atoms with Gasteiger partial charge in [0.1, 0.15) is 6.29 Å². The Morgan fingerprint density at radius 2 is 2.17 bits per heavy atom. The van der Waals surface area contributed by atoms with Gasteiger partial charge in [0.2, 0.25) is 0 Å². The lowest BCUT2D eigenvalue weighted by molar-refractivity contribution is -0.108. The van der Waals surface area contributed by atoms with Crippen molar-refractivity contribution in [1.29, 1.82) is 0 Å². The maximum absolute atomic E-state index is 10.2. The van der Waals surface area contributed by atoms with Crippen LogP contribution in [0.2, 0.25) is 0 Å². The zero-order chi connectivity index (χ0) is 8.97. The van der Waals surface area contributed by atoms with E-state index in [0.29, 0.717) is 12.5 Å². The third-order valence-electron chi connectivity index (χ3n) is 2.78. The van der Waals surface area contributed by atoms with E-state index in [4.69, 9.17) is 0 Å². The van der Waals surface area contributed by atoms with E-state index in [0.717, 1.165) is 18.7 Å². The Bertz CT molecular complexity index is 147. The van der Waals surface area contributed by atoms with Crippen LogP contribution in [0.5, 0.6) is 0 Å². The Labute approximate surface area is 74.9 Å². The van der Waals surface area contributed by atoms with Gasteiger partial charge in [0.05, 0.1) is 0 Å². The molecule has 0 spiro atoms. The summed E-state index contributed by atoms with van der Waals surface area (Å²) in [7, 11) is 0. The minimum atomic E-state index is 0.682. The number of carbonyl (C=O) groups excluding carboxylic acids is 1. The van der Waals surface area contributed by atoms with Gasteiger partial charge < -0.3 is 4.79 Å². The van der Waals surface area contributed by atoms with Gasteiger partial charge in [-0.3, -0.25) is 4.90 Å². The molecule has 1 aliphatic heterocycles. The van der Waals surface area contributed by atoms with Crippen LogP contribution in [0, 0.1) is 5.92 Å². The van der Waals surface area contributed by atoms with E-state index < -0.39 is 0 Å². The number of likely N-dealkylation sites (tertiary alicyclic amines) is 1. The molecule has 0 aromatic rings. The normalized spacial score (nSPS) is 31.8. The van der Waals surface area contributed by atoms with Crippen molar-refractivity contribution < 1.29 is 4.79 Å². The fourth-order valence-corrected chi connectivity index (χ4v) is 1.91. The molecule has 1 rings (SSSR count). The Balaban J connectivity index is 2.32. The van der Waals surface area contributed by atoms with E-state index in [1.165, 1.54) is 19.4 Å². The highest BCUT2D eigenvalue weighted by atomic mass is 16.1. The molecule has 2 atom stereocenters. The van der Waals surface area contributed by atoms with Gasteiger partial charge >= 0.3 is 0 Å². The number of rotatable bonds is 3. The van der Waals surface area contributed by atoms with Gasteiger partial charge in [0.25, 0.3) is 0 Å². The molecular formula is C10H19NO. The lowest BCUT2D eigenvalue weighted by Gasteiger charge is -2.36. The van der Waals surface area contributed by atoms with Crippen molar-refractivity contribution in [2.75, 3.05) is 13.1 Å². The molecule has 0 bridgehead atoms. The van der Waals surface area contributed by atoms with Gasteiger partial charge in [-0.05, 0) is 25.7 Å². The molecule has 2 heteroatoms. The first-order valence-corrected chi connectivity index (χ1v) is 4.91. The van der Waals surface area contributed by atoms with Gasteiger partial charge in [-0.25, -0.2) is 0 Å². The topological polar surface area (TPSA) is 20.3 Å². The van der Waals surface area contributed by atoms with Crippen LogP contribution >= 0.6 is 0 Å². The largest absolute Gasteiger partial charge is 0.303 e. The molecule has 0 amide bonds. The van der Waals surface area contributed by atoms with Gasteiger partial charge in [-0.2, -0.15) is 0 Å². The molecular weight excluding hydrogens is 150 g/mol. The smallest absolute Gasteiger partial charge is 0.121 e. The first-order valence-electron chi connectivity index (χ1n) is 4.91. The van der Waals surface area contributed by atoms with Gasteiger partial charge in [-0.1, -0.05) is 6.92 Å². The average molecular weight is 169 g/mol. The molecule has 0 aromatic heterocycles. The minimum absolute atomic E-state index is 0.682. The zero-order valence-electron chi connectivity index (χ0n) is 8.12. The Morgan fingerprint density at radius 1 is 1.42 bits per heavy atom. The highest BCUT2D eigenvalue weighted by Crippen LogP contribution is 2.20. The molecule has 0 radical (unpaired) electrons. The van der Waals surface area contributed by atoms with Gasteiger partial charge in [0, 0.05) is 25.6 Å². The minimum Gasteiger partial charge on any atom is -0.303 e. The Morgan fingerprint density at radius 3 is 2.83 bits per heavy atom. The van der Waals surface area contributed by atoms with E-state index in [1.54, 1.807) is 0 Å². The van der Waals surface area contributed by atoms with Crippen molar-refractivity contribution in [2.45, 2.75) is 39.2 Å². The van der Waals surface area contributed by atoms with E-state index in [-0.39, 0.29) is 0 Å². The molecule has 0 aromatic carbocycles. The maximum Gasteiger partial charge on any atom is 0.121 e. The first-order chi connectivity index (χ1) is 5.74. The van der Waals surface area contributed by atoms with Crippen LogP contribution in [-0.4, -0.2) is 30.3 Å². The van der Waals surface area contributed by atoms with E-state index >= 15 is 0 Å². The van der Waals surface area contributed by atoms with Crippen LogP contribution in [0.15, 0.2) is 0 Å².